The van der Waals surface area contributed by atoms with E-state index in [0.29, 0.717) is 28.8 Å². The van der Waals surface area contributed by atoms with Crippen LogP contribution in [0.15, 0.2) is 66.2 Å². The van der Waals surface area contributed by atoms with Gasteiger partial charge in [0, 0.05) is 24.7 Å². The van der Waals surface area contributed by atoms with Gasteiger partial charge < -0.3 is 10.1 Å². The molecule has 1 fully saturated rings. The van der Waals surface area contributed by atoms with Crippen LogP contribution >= 0.6 is 11.8 Å². The molecule has 8 heteroatoms. The van der Waals surface area contributed by atoms with Gasteiger partial charge >= 0.3 is 0 Å². The fourth-order valence-electron chi connectivity index (χ4n) is 2.73. The highest BCUT2D eigenvalue weighted by Gasteiger charge is 2.38. The van der Waals surface area contributed by atoms with Crippen LogP contribution in [0.5, 0.6) is 5.75 Å². The maximum atomic E-state index is 13.0. The van der Waals surface area contributed by atoms with Crippen molar-refractivity contribution in [1.82, 2.24) is 4.90 Å². The number of nitrogens with one attached hydrogen (secondary N) is 1. The molecule has 0 bridgehead atoms. The zero-order chi connectivity index (χ0) is 20.8. The lowest BCUT2D eigenvalue weighted by molar-refractivity contribution is -0.127. The molecule has 1 aliphatic rings. The Labute approximate surface area is 172 Å². The van der Waals surface area contributed by atoms with Crippen molar-refractivity contribution in [2.45, 2.75) is 11.7 Å². The van der Waals surface area contributed by atoms with Gasteiger partial charge in [0.1, 0.15) is 16.8 Å². The van der Waals surface area contributed by atoms with Crippen LogP contribution in [0, 0.1) is 5.82 Å². The number of benzene rings is 2. The molecule has 0 spiro atoms. The van der Waals surface area contributed by atoms with Crippen molar-refractivity contribution < 1.29 is 18.7 Å². The first-order chi connectivity index (χ1) is 14.0. The van der Waals surface area contributed by atoms with Gasteiger partial charge in [0.25, 0.3) is 0 Å². The van der Waals surface area contributed by atoms with Gasteiger partial charge in [-0.25, -0.2) is 9.38 Å². The summed E-state index contributed by atoms with van der Waals surface area (Å²) in [5.74, 6) is -0.260. The minimum atomic E-state index is -0.597. The Kier molecular flexibility index (Phi) is 6.66. The molecule has 1 N–H and O–H groups in total. The number of thioether (sulfide) groups is 1. The van der Waals surface area contributed by atoms with Crippen LogP contribution in [-0.4, -0.2) is 40.8 Å². The van der Waals surface area contributed by atoms with E-state index in [0.717, 1.165) is 0 Å². The molecule has 29 heavy (non-hydrogen) atoms. The first-order valence-electron chi connectivity index (χ1n) is 8.87. The van der Waals surface area contributed by atoms with Crippen molar-refractivity contribution in [3.8, 4) is 5.75 Å². The Hall–Kier alpha value is -3.13. The summed E-state index contributed by atoms with van der Waals surface area (Å²) in [5, 5.41) is 2.58. The summed E-state index contributed by atoms with van der Waals surface area (Å²) in [6.07, 6.45) is 1.59. The van der Waals surface area contributed by atoms with Gasteiger partial charge in [0.15, 0.2) is 5.17 Å². The lowest BCUT2D eigenvalue weighted by Gasteiger charge is -2.14. The van der Waals surface area contributed by atoms with Gasteiger partial charge in [-0.05, 0) is 36.4 Å². The number of aliphatic imine (C=N–C) groups is 1. The standard InChI is InChI=1S/C21H20FN3O3S/c1-3-11-25-20(27)18(13-19(26)23-15-9-7-14(22)8-10-15)29-21(25)24-16-5-4-6-17(12-16)28-2/h3-10,12,18H,1,11,13H2,2H3,(H,23,26)/t18-/m0/s1. The van der Waals surface area contributed by atoms with Crippen LogP contribution in [0.1, 0.15) is 6.42 Å². The first kappa shape index (κ1) is 20.6. The van der Waals surface area contributed by atoms with E-state index >= 15 is 0 Å². The van der Waals surface area contributed by atoms with E-state index < -0.39 is 5.25 Å². The third-order valence-electron chi connectivity index (χ3n) is 4.11. The van der Waals surface area contributed by atoms with Crippen LogP contribution < -0.4 is 10.1 Å². The minimum absolute atomic E-state index is 0.0222. The lowest BCUT2D eigenvalue weighted by Crippen LogP contribution is -2.33. The summed E-state index contributed by atoms with van der Waals surface area (Å²) in [4.78, 5) is 31.2. The van der Waals surface area contributed by atoms with Gasteiger partial charge in [-0.15, -0.1) is 6.58 Å². The fourth-order valence-corrected chi connectivity index (χ4v) is 3.89. The largest absolute Gasteiger partial charge is 0.497 e. The number of anilines is 1. The fraction of sp³-hybridized carbons (Fsp3) is 0.190. The number of hydrogen-bond donors (Lipinski definition) is 1. The molecule has 2 aromatic rings. The van der Waals surface area contributed by atoms with Crippen molar-refractivity contribution >= 4 is 40.1 Å². The predicted octanol–water partition coefficient (Wildman–Crippen LogP) is 3.98. The summed E-state index contributed by atoms with van der Waals surface area (Å²) < 4.78 is 18.2. The molecular weight excluding hydrogens is 393 g/mol. The number of amides is 2. The number of halogens is 1. The molecule has 150 valence electrons. The Bertz CT molecular complexity index is 946. The molecule has 6 nitrogen and oxygen atoms in total. The molecule has 2 amide bonds. The van der Waals surface area contributed by atoms with Gasteiger partial charge in [0.2, 0.25) is 11.8 Å². The van der Waals surface area contributed by atoms with Crippen molar-refractivity contribution in [3.63, 3.8) is 0 Å². The number of rotatable bonds is 7. The molecule has 1 heterocycles. The van der Waals surface area contributed by atoms with Crippen molar-refractivity contribution in [2.24, 2.45) is 4.99 Å². The molecule has 0 unspecified atom stereocenters. The van der Waals surface area contributed by atoms with E-state index in [1.54, 1.807) is 31.4 Å². The highest BCUT2D eigenvalue weighted by Crippen LogP contribution is 2.32. The molecule has 0 radical (unpaired) electrons. The van der Waals surface area contributed by atoms with E-state index in [9.17, 15) is 14.0 Å². The Morgan fingerprint density at radius 1 is 1.34 bits per heavy atom. The summed E-state index contributed by atoms with van der Waals surface area (Å²) in [7, 11) is 1.57. The van der Waals surface area contributed by atoms with Gasteiger partial charge in [-0.2, -0.15) is 0 Å². The van der Waals surface area contributed by atoms with Crippen LogP contribution in [0.3, 0.4) is 0 Å². The van der Waals surface area contributed by atoms with Crippen molar-refractivity contribution in [1.29, 1.82) is 0 Å². The highest BCUT2D eigenvalue weighted by atomic mass is 32.2. The smallest absolute Gasteiger partial charge is 0.242 e. The number of ether oxygens (including phenoxy) is 1. The van der Waals surface area contributed by atoms with Crippen LogP contribution in [0.4, 0.5) is 15.8 Å². The summed E-state index contributed by atoms with van der Waals surface area (Å²) in [6.45, 7) is 3.98. The molecule has 3 rings (SSSR count). The molecule has 0 saturated carbocycles. The topological polar surface area (TPSA) is 71.0 Å². The van der Waals surface area contributed by atoms with Crippen molar-refractivity contribution in [3.05, 3.63) is 67.0 Å². The molecule has 0 aromatic heterocycles. The van der Waals surface area contributed by atoms with Crippen LogP contribution in [0.2, 0.25) is 0 Å². The molecule has 1 aliphatic heterocycles. The van der Waals surface area contributed by atoms with E-state index in [4.69, 9.17) is 4.74 Å². The molecule has 2 aromatic carbocycles. The molecular formula is C21H20FN3O3S. The normalized spacial score (nSPS) is 17.4. The maximum Gasteiger partial charge on any atom is 0.242 e. The van der Waals surface area contributed by atoms with Crippen LogP contribution in [0.25, 0.3) is 0 Å². The first-order valence-corrected chi connectivity index (χ1v) is 9.75. The number of hydrogen-bond acceptors (Lipinski definition) is 5. The highest BCUT2D eigenvalue weighted by molar-refractivity contribution is 8.15. The minimum Gasteiger partial charge on any atom is -0.497 e. The molecule has 1 saturated heterocycles. The van der Waals surface area contributed by atoms with Crippen molar-refractivity contribution in [2.75, 3.05) is 19.0 Å². The number of amidine groups is 1. The average molecular weight is 413 g/mol. The second-order valence-corrected chi connectivity index (χ2v) is 7.37. The van der Waals surface area contributed by atoms with E-state index in [1.807, 2.05) is 6.07 Å². The zero-order valence-corrected chi connectivity index (χ0v) is 16.6. The zero-order valence-electron chi connectivity index (χ0n) is 15.8. The Morgan fingerprint density at radius 3 is 2.79 bits per heavy atom. The monoisotopic (exact) mass is 413 g/mol. The Balaban J connectivity index is 1.74. The number of carbonyl (C=O) groups is 2. The predicted molar refractivity (Wildman–Crippen MR) is 113 cm³/mol. The summed E-state index contributed by atoms with van der Waals surface area (Å²) in [6, 6.07) is 12.6. The van der Waals surface area contributed by atoms with Gasteiger partial charge in [0.05, 0.1) is 12.8 Å². The number of nitrogens with zero attached hydrogens (tertiary/aromatic N) is 2. The van der Waals surface area contributed by atoms with E-state index in [2.05, 4.69) is 16.9 Å². The third-order valence-corrected chi connectivity index (χ3v) is 5.28. The Morgan fingerprint density at radius 2 is 2.10 bits per heavy atom. The van der Waals surface area contributed by atoms with Gasteiger partial charge in [-0.1, -0.05) is 23.9 Å². The SMILES string of the molecule is C=CCN1C(=O)[C@H](CC(=O)Nc2ccc(F)cc2)SC1=Nc1cccc(OC)c1. The van der Waals surface area contributed by atoms with Gasteiger partial charge in [-0.3, -0.25) is 14.5 Å². The quantitative estimate of drug-likeness (QED) is 0.697. The van der Waals surface area contributed by atoms with Crippen LogP contribution in [-0.2, 0) is 9.59 Å². The van der Waals surface area contributed by atoms with E-state index in [1.165, 1.54) is 40.9 Å². The number of carbonyl (C=O) groups excluding carboxylic acids is 2. The second kappa shape index (κ2) is 9.38. The summed E-state index contributed by atoms with van der Waals surface area (Å²) in [5.41, 5.74) is 1.12. The summed E-state index contributed by atoms with van der Waals surface area (Å²) >= 11 is 1.23. The third kappa shape index (κ3) is 5.23. The molecule has 1 atom stereocenters. The lowest BCUT2D eigenvalue weighted by atomic mass is 10.2. The second-order valence-electron chi connectivity index (χ2n) is 6.20. The molecule has 0 aliphatic carbocycles. The average Bonchev–Trinajstić information content (AvgIpc) is 2.99. The number of methoxy groups -OCH3 is 1. The maximum absolute atomic E-state index is 13.0. The van der Waals surface area contributed by atoms with E-state index in [-0.39, 0.29) is 24.1 Å².